The van der Waals surface area contributed by atoms with Gasteiger partial charge in [-0.15, -0.1) is 0 Å². The molecule has 0 aliphatic rings. The molecule has 4 heteroatoms. The number of aryl methyl sites for hydroxylation is 2. The second-order valence-electron chi connectivity index (χ2n) is 11.5. The first kappa shape index (κ1) is 29.0. The molecule has 0 spiro atoms. The quantitative estimate of drug-likeness (QED) is 0.183. The van der Waals surface area contributed by atoms with Crippen LogP contribution in [0.5, 0.6) is 5.75 Å². The van der Waals surface area contributed by atoms with Crippen molar-refractivity contribution in [3.8, 4) is 45.3 Å². The zero-order valence-electron chi connectivity index (χ0n) is 26.6. The molecular weight excluding hydrogens is 562 g/mol. The molecule has 0 fully saturated rings. The number of fused-ring (bicyclic) bond motifs is 3. The van der Waals surface area contributed by atoms with Gasteiger partial charge < -0.3 is 4.74 Å². The SMILES string of the molecule is C=Cc1c(/C=C\C)n(-c2cc(-c3ccccc3)nc(-c3ccccc3)n2)c2c1c(C)c(-c1cc(OC)ccc1C)c1ccccc12. The van der Waals surface area contributed by atoms with Gasteiger partial charge in [-0.05, 0) is 66.6 Å². The van der Waals surface area contributed by atoms with Gasteiger partial charge in [0.1, 0.15) is 11.6 Å². The molecule has 2 heterocycles. The van der Waals surface area contributed by atoms with E-state index in [2.05, 4.69) is 111 Å². The van der Waals surface area contributed by atoms with Crippen molar-refractivity contribution in [2.75, 3.05) is 7.11 Å². The number of allylic oxidation sites excluding steroid dienone is 1. The summed E-state index contributed by atoms with van der Waals surface area (Å²) in [6.07, 6.45) is 6.23. The van der Waals surface area contributed by atoms with Crippen LogP contribution in [0.4, 0.5) is 0 Å². The summed E-state index contributed by atoms with van der Waals surface area (Å²) in [7, 11) is 1.72. The van der Waals surface area contributed by atoms with E-state index in [1.165, 1.54) is 22.1 Å². The van der Waals surface area contributed by atoms with Crippen LogP contribution >= 0.6 is 0 Å². The van der Waals surface area contributed by atoms with Crippen LogP contribution < -0.4 is 4.74 Å². The normalized spacial score (nSPS) is 11.5. The predicted molar refractivity (Wildman–Crippen MR) is 194 cm³/mol. The molecule has 0 atom stereocenters. The van der Waals surface area contributed by atoms with Crippen molar-refractivity contribution in [3.05, 3.63) is 144 Å². The number of nitrogens with zero attached hydrogens (tertiary/aromatic N) is 3. The van der Waals surface area contributed by atoms with E-state index in [1.54, 1.807) is 7.11 Å². The average molecular weight is 598 g/mol. The second kappa shape index (κ2) is 12.0. The van der Waals surface area contributed by atoms with Crippen molar-refractivity contribution in [2.24, 2.45) is 0 Å². The smallest absolute Gasteiger partial charge is 0.162 e. The summed E-state index contributed by atoms with van der Waals surface area (Å²) in [5.41, 5.74) is 10.8. The molecule has 0 saturated heterocycles. The number of ether oxygens (including phenoxy) is 1. The van der Waals surface area contributed by atoms with Gasteiger partial charge in [0, 0.05) is 33.5 Å². The maximum absolute atomic E-state index is 5.68. The zero-order valence-corrected chi connectivity index (χ0v) is 26.6. The molecule has 0 aliphatic heterocycles. The van der Waals surface area contributed by atoms with E-state index < -0.39 is 0 Å². The maximum atomic E-state index is 5.68. The van der Waals surface area contributed by atoms with Gasteiger partial charge in [0.15, 0.2) is 5.82 Å². The van der Waals surface area contributed by atoms with Gasteiger partial charge in [-0.3, -0.25) is 4.57 Å². The lowest BCUT2D eigenvalue weighted by Gasteiger charge is -2.18. The molecule has 0 N–H and O–H groups in total. The highest BCUT2D eigenvalue weighted by Gasteiger charge is 2.25. The Bertz CT molecular complexity index is 2220. The van der Waals surface area contributed by atoms with Crippen molar-refractivity contribution in [1.29, 1.82) is 0 Å². The van der Waals surface area contributed by atoms with E-state index >= 15 is 0 Å². The Morgan fingerprint density at radius 2 is 1.43 bits per heavy atom. The number of methoxy groups -OCH3 is 1. The molecule has 0 saturated carbocycles. The summed E-state index contributed by atoms with van der Waals surface area (Å²) in [6, 6.07) is 37.6. The maximum Gasteiger partial charge on any atom is 0.162 e. The summed E-state index contributed by atoms with van der Waals surface area (Å²) in [4.78, 5) is 10.3. The molecule has 0 aliphatic carbocycles. The van der Waals surface area contributed by atoms with Crippen molar-refractivity contribution >= 4 is 33.8 Å². The summed E-state index contributed by atoms with van der Waals surface area (Å²) >= 11 is 0. The fourth-order valence-corrected chi connectivity index (χ4v) is 6.61. The van der Waals surface area contributed by atoms with E-state index in [1.807, 2.05) is 48.5 Å². The van der Waals surface area contributed by atoms with Crippen LogP contribution in [0.2, 0.25) is 0 Å². The Labute approximate surface area is 270 Å². The van der Waals surface area contributed by atoms with Crippen LogP contribution in [0.3, 0.4) is 0 Å². The zero-order chi connectivity index (χ0) is 31.8. The van der Waals surface area contributed by atoms with E-state index in [9.17, 15) is 0 Å². The number of aromatic nitrogens is 3. The largest absolute Gasteiger partial charge is 0.497 e. The number of hydrogen-bond donors (Lipinski definition) is 0. The first-order chi connectivity index (χ1) is 22.5. The monoisotopic (exact) mass is 597 g/mol. The third kappa shape index (κ3) is 4.79. The molecule has 0 bridgehead atoms. The first-order valence-electron chi connectivity index (χ1n) is 15.5. The van der Waals surface area contributed by atoms with Crippen molar-refractivity contribution in [2.45, 2.75) is 20.8 Å². The van der Waals surface area contributed by atoms with Gasteiger partial charge >= 0.3 is 0 Å². The Kier molecular flexibility index (Phi) is 7.55. The van der Waals surface area contributed by atoms with Crippen molar-refractivity contribution in [1.82, 2.24) is 14.5 Å². The predicted octanol–water partition coefficient (Wildman–Crippen LogP) is 10.9. The molecule has 0 unspecified atom stereocenters. The minimum Gasteiger partial charge on any atom is -0.497 e. The van der Waals surface area contributed by atoms with Crippen LogP contribution in [0.25, 0.3) is 73.4 Å². The number of rotatable bonds is 7. The minimum atomic E-state index is 0.676. The summed E-state index contributed by atoms with van der Waals surface area (Å²) < 4.78 is 7.98. The van der Waals surface area contributed by atoms with E-state index in [0.717, 1.165) is 61.5 Å². The standard InChI is InChI=1S/C42H35N3O/c1-6-16-37-32(7-2)40-28(4)39(35-25-31(46-5)24-23-27(35)3)33-21-14-15-22-34(33)41(40)45(37)38-26-36(29-17-10-8-11-18-29)43-42(44-38)30-19-12-9-13-20-30/h6-26H,2H2,1,3-5H3/b16-6-. The minimum absolute atomic E-state index is 0.676. The van der Waals surface area contributed by atoms with Crippen molar-refractivity contribution < 1.29 is 4.74 Å². The summed E-state index contributed by atoms with van der Waals surface area (Å²) in [5.74, 6) is 2.31. The topological polar surface area (TPSA) is 39.9 Å². The van der Waals surface area contributed by atoms with Gasteiger partial charge in [0.2, 0.25) is 0 Å². The third-order valence-corrected chi connectivity index (χ3v) is 8.73. The lowest BCUT2D eigenvalue weighted by molar-refractivity contribution is 0.415. The summed E-state index contributed by atoms with van der Waals surface area (Å²) in [6.45, 7) is 10.8. The first-order valence-corrected chi connectivity index (χ1v) is 15.5. The molecule has 0 radical (unpaired) electrons. The van der Waals surface area contributed by atoms with Crippen LogP contribution in [0.15, 0.2) is 122 Å². The molecule has 0 amide bonds. The van der Waals surface area contributed by atoms with Crippen LogP contribution in [-0.4, -0.2) is 21.6 Å². The van der Waals surface area contributed by atoms with Crippen LogP contribution in [0.1, 0.15) is 29.3 Å². The average Bonchev–Trinajstić information content (AvgIpc) is 3.44. The molecule has 224 valence electrons. The van der Waals surface area contributed by atoms with Gasteiger partial charge in [-0.1, -0.05) is 110 Å². The molecule has 5 aromatic carbocycles. The Hall–Kier alpha value is -5.74. The van der Waals surface area contributed by atoms with Gasteiger partial charge in [-0.25, -0.2) is 9.97 Å². The lowest BCUT2D eigenvalue weighted by Crippen LogP contribution is -2.05. The Morgan fingerprint density at radius 3 is 2.11 bits per heavy atom. The highest BCUT2D eigenvalue weighted by atomic mass is 16.5. The van der Waals surface area contributed by atoms with Crippen molar-refractivity contribution in [3.63, 3.8) is 0 Å². The number of benzene rings is 5. The molecule has 2 aromatic heterocycles. The third-order valence-electron chi connectivity index (χ3n) is 8.73. The Balaban J connectivity index is 1.65. The Morgan fingerprint density at radius 1 is 0.761 bits per heavy atom. The van der Waals surface area contributed by atoms with Gasteiger partial charge in [0.25, 0.3) is 0 Å². The molecule has 4 nitrogen and oxygen atoms in total. The van der Waals surface area contributed by atoms with E-state index in [4.69, 9.17) is 14.7 Å². The fourth-order valence-electron chi connectivity index (χ4n) is 6.61. The number of hydrogen-bond acceptors (Lipinski definition) is 3. The van der Waals surface area contributed by atoms with Gasteiger partial charge in [0.05, 0.1) is 24.0 Å². The highest BCUT2D eigenvalue weighted by molar-refractivity contribution is 6.18. The van der Waals surface area contributed by atoms with Gasteiger partial charge in [-0.2, -0.15) is 0 Å². The molecule has 7 aromatic rings. The van der Waals surface area contributed by atoms with E-state index in [-0.39, 0.29) is 0 Å². The highest BCUT2D eigenvalue weighted by Crippen LogP contribution is 2.45. The molecule has 46 heavy (non-hydrogen) atoms. The van der Waals surface area contributed by atoms with E-state index in [0.29, 0.717) is 5.82 Å². The fraction of sp³-hybridized carbons (Fsp3) is 0.0952. The second-order valence-corrected chi connectivity index (χ2v) is 11.5. The molecular formula is C42H35N3O. The van der Waals surface area contributed by atoms with Crippen LogP contribution in [-0.2, 0) is 0 Å². The lowest BCUT2D eigenvalue weighted by atomic mass is 9.88. The molecule has 7 rings (SSSR count). The van der Waals surface area contributed by atoms with Crippen LogP contribution in [0, 0.1) is 13.8 Å². The summed E-state index contributed by atoms with van der Waals surface area (Å²) in [5, 5.41) is 3.46.